The van der Waals surface area contributed by atoms with Crippen LogP contribution in [0.2, 0.25) is 0 Å². The monoisotopic (exact) mass is 383 g/mol. The Morgan fingerprint density at radius 3 is 2.56 bits per heavy atom. The van der Waals surface area contributed by atoms with Gasteiger partial charge in [-0.15, -0.1) is 10.2 Å². The number of hydrogen-bond acceptors (Lipinski definition) is 4. The Morgan fingerprint density at radius 1 is 1.00 bits per heavy atom. The minimum absolute atomic E-state index is 0.228. The highest BCUT2D eigenvalue weighted by Gasteiger charge is 2.19. The SMILES string of the molecule is Cc1ccc(-n2c(SCc3cccc(F)c3F)nnc2-c2ccco2)cc1. The maximum atomic E-state index is 14.0. The van der Waals surface area contributed by atoms with Gasteiger partial charge in [-0.25, -0.2) is 8.78 Å². The fourth-order valence-electron chi connectivity index (χ4n) is 2.66. The molecule has 0 aliphatic rings. The van der Waals surface area contributed by atoms with Gasteiger partial charge in [-0.2, -0.15) is 0 Å². The summed E-state index contributed by atoms with van der Waals surface area (Å²) in [5.41, 5.74) is 2.26. The molecule has 0 saturated heterocycles. The van der Waals surface area contributed by atoms with E-state index in [0.717, 1.165) is 17.3 Å². The number of hydrogen-bond donors (Lipinski definition) is 0. The molecule has 0 amide bonds. The molecule has 0 bridgehead atoms. The number of furan rings is 1. The lowest BCUT2D eigenvalue weighted by Crippen LogP contribution is -2.00. The second-order valence-electron chi connectivity index (χ2n) is 5.96. The van der Waals surface area contributed by atoms with Gasteiger partial charge in [-0.3, -0.25) is 4.57 Å². The van der Waals surface area contributed by atoms with Crippen LogP contribution in [0.1, 0.15) is 11.1 Å². The summed E-state index contributed by atoms with van der Waals surface area (Å²) in [6.07, 6.45) is 1.57. The predicted molar refractivity (Wildman–Crippen MR) is 99.7 cm³/mol. The van der Waals surface area contributed by atoms with Gasteiger partial charge in [0.2, 0.25) is 5.82 Å². The molecule has 0 fully saturated rings. The van der Waals surface area contributed by atoms with Crippen molar-refractivity contribution >= 4 is 11.8 Å². The molecule has 0 spiro atoms. The molecule has 2 aromatic heterocycles. The topological polar surface area (TPSA) is 43.9 Å². The van der Waals surface area contributed by atoms with E-state index in [1.807, 2.05) is 35.8 Å². The van der Waals surface area contributed by atoms with Gasteiger partial charge in [0.1, 0.15) is 0 Å². The molecule has 0 radical (unpaired) electrons. The van der Waals surface area contributed by atoms with Crippen molar-refractivity contribution in [3.05, 3.63) is 83.6 Å². The summed E-state index contributed by atoms with van der Waals surface area (Å²) in [4.78, 5) is 0. The lowest BCUT2D eigenvalue weighted by molar-refractivity contribution is 0.502. The lowest BCUT2D eigenvalue weighted by Gasteiger charge is -2.10. The highest BCUT2D eigenvalue weighted by atomic mass is 32.2. The van der Waals surface area contributed by atoms with Crippen LogP contribution in [-0.4, -0.2) is 14.8 Å². The average Bonchev–Trinajstić information content (AvgIpc) is 3.33. The fourth-order valence-corrected chi connectivity index (χ4v) is 3.58. The van der Waals surface area contributed by atoms with Crippen LogP contribution >= 0.6 is 11.8 Å². The minimum atomic E-state index is -0.857. The molecule has 7 heteroatoms. The van der Waals surface area contributed by atoms with Gasteiger partial charge in [-0.05, 0) is 37.3 Å². The van der Waals surface area contributed by atoms with E-state index in [1.165, 1.54) is 17.8 Å². The van der Waals surface area contributed by atoms with Crippen molar-refractivity contribution in [1.29, 1.82) is 0 Å². The van der Waals surface area contributed by atoms with E-state index in [2.05, 4.69) is 10.2 Å². The summed E-state index contributed by atoms with van der Waals surface area (Å²) in [5, 5.41) is 9.04. The molecular formula is C20H15F2N3OS. The Morgan fingerprint density at radius 2 is 1.81 bits per heavy atom. The van der Waals surface area contributed by atoms with Crippen molar-refractivity contribution < 1.29 is 13.2 Å². The molecule has 2 heterocycles. The van der Waals surface area contributed by atoms with Crippen LogP contribution < -0.4 is 0 Å². The Kier molecular flexibility index (Phi) is 4.77. The lowest BCUT2D eigenvalue weighted by atomic mass is 10.2. The molecule has 2 aromatic carbocycles. The smallest absolute Gasteiger partial charge is 0.205 e. The van der Waals surface area contributed by atoms with Crippen LogP contribution in [0.4, 0.5) is 8.78 Å². The second kappa shape index (κ2) is 7.36. The normalized spacial score (nSPS) is 11.1. The molecule has 4 rings (SSSR count). The van der Waals surface area contributed by atoms with Crippen molar-refractivity contribution in [2.75, 3.05) is 0 Å². The van der Waals surface area contributed by atoms with E-state index in [9.17, 15) is 8.78 Å². The van der Waals surface area contributed by atoms with E-state index in [1.54, 1.807) is 24.5 Å². The predicted octanol–water partition coefficient (Wildman–Crippen LogP) is 5.41. The maximum absolute atomic E-state index is 14.0. The number of benzene rings is 2. The third-order valence-electron chi connectivity index (χ3n) is 4.06. The standard InChI is InChI=1S/C20H15F2N3OS/c1-13-7-9-15(10-8-13)25-19(17-6-3-11-26-17)23-24-20(25)27-12-14-4-2-5-16(21)18(14)22/h2-11H,12H2,1H3. The number of nitrogens with zero attached hydrogens (tertiary/aromatic N) is 3. The first-order chi connectivity index (χ1) is 13.1. The molecule has 0 unspecified atom stereocenters. The van der Waals surface area contributed by atoms with Crippen molar-refractivity contribution in [2.24, 2.45) is 0 Å². The second-order valence-corrected chi connectivity index (χ2v) is 6.90. The van der Waals surface area contributed by atoms with Crippen LogP contribution in [0.3, 0.4) is 0 Å². The molecule has 0 atom stereocenters. The highest BCUT2D eigenvalue weighted by molar-refractivity contribution is 7.98. The van der Waals surface area contributed by atoms with Gasteiger partial charge < -0.3 is 4.42 Å². The summed E-state index contributed by atoms with van der Waals surface area (Å²) in [6, 6.07) is 15.6. The zero-order chi connectivity index (χ0) is 18.8. The quantitative estimate of drug-likeness (QED) is 0.433. The van der Waals surface area contributed by atoms with Gasteiger partial charge in [0.05, 0.1) is 6.26 Å². The van der Waals surface area contributed by atoms with Crippen molar-refractivity contribution in [3.63, 3.8) is 0 Å². The molecular weight excluding hydrogens is 368 g/mol. The summed E-state index contributed by atoms with van der Waals surface area (Å²) in [7, 11) is 0. The van der Waals surface area contributed by atoms with Crippen LogP contribution in [0, 0.1) is 18.6 Å². The van der Waals surface area contributed by atoms with E-state index >= 15 is 0 Å². The summed E-state index contributed by atoms with van der Waals surface area (Å²) in [6.45, 7) is 2.01. The Bertz CT molecular complexity index is 1060. The molecule has 0 aliphatic heterocycles. The van der Waals surface area contributed by atoms with Crippen LogP contribution in [0.15, 0.2) is 70.4 Å². The molecule has 0 N–H and O–H groups in total. The molecule has 0 aliphatic carbocycles. The van der Waals surface area contributed by atoms with Gasteiger partial charge in [0, 0.05) is 17.0 Å². The molecule has 27 heavy (non-hydrogen) atoms. The fraction of sp³-hybridized carbons (Fsp3) is 0.100. The zero-order valence-corrected chi connectivity index (χ0v) is 15.2. The summed E-state index contributed by atoms with van der Waals surface area (Å²) < 4.78 is 34.7. The van der Waals surface area contributed by atoms with Crippen molar-refractivity contribution in [3.8, 4) is 17.3 Å². The summed E-state index contributed by atoms with van der Waals surface area (Å²) >= 11 is 1.28. The number of halogens is 2. The maximum Gasteiger partial charge on any atom is 0.205 e. The first-order valence-electron chi connectivity index (χ1n) is 8.25. The molecule has 4 aromatic rings. The Balaban J connectivity index is 1.72. The van der Waals surface area contributed by atoms with Crippen LogP contribution in [-0.2, 0) is 5.75 Å². The summed E-state index contributed by atoms with van der Waals surface area (Å²) in [5.74, 6) is -0.342. The largest absolute Gasteiger partial charge is 0.461 e. The number of rotatable bonds is 5. The van der Waals surface area contributed by atoms with Gasteiger partial charge >= 0.3 is 0 Å². The number of thioether (sulfide) groups is 1. The molecule has 136 valence electrons. The third kappa shape index (κ3) is 3.50. The average molecular weight is 383 g/mol. The van der Waals surface area contributed by atoms with Crippen molar-refractivity contribution in [2.45, 2.75) is 17.8 Å². The van der Waals surface area contributed by atoms with Gasteiger partial charge in [0.25, 0.3) is 0 Å². The highest BCUT2D eigenvalue weighted by Crippen LogP contribution is 2.30. The first kappa shape index (κ1) is 17.5. The first-order valence-corrected chi connectivity index (χ1v) is 9.24. The molecule has 0 saturated carbocycles. The third-order valence-corrected chi connectivity index (χ3v) is 5.03. The minimum Gasteiger partial charge on any atom is -0.461 e. The van der Waals surface area contributed by atoms with Gasteiger partial charge in [-0.1, -0.05) is 41.6 Å². The van der Waals surface area contributed by atoms with E-state index < -0.39 is 11.6 Å². The van der Waals surface area contributed by atoms with E-state index in [4.69, 9.17) is 4.42 Å². The van der Waals surface area contributed by atoms with Crippen LogP contribution in [0.5, 0.6) is 0 Å². The van der Waals surface area contributed by atoms with Gasteiger partial charge in [0.15, 0.2) is 22.6 Å². The van der Waals surface area contributed by atoms with E-state index in [-0.39, 0.29) is 11.3 Å². The zero-order valence-electron chi connectivity index (χ0n) is 14.4. The Labute approximate surface area is 158 Å². The molecule has 4 nitrogen and oxygen atoms in total. The number of aryl methyl sites for hydroxylation is 1. The number of aromatic nitrogens is 3. The Hall–Kier alpha value is -2.93. The van der Waals surface area contributed by atoms with Crippen LogP contribution in [0.25, 0.3) is 17.3 Å². The van der Waals surface area contributed by atoms with E-state index in [0.29, 0.717) is 16.7 Å². The van der Waals surface area contributed by atoms with Crippen molar-refractivity contribution in [1.82, 2.24) is 14.8 Å².